The molecule has 9 nitrogen and oxygen atoms in total. The predicted molar refractivity (Wildman–Crippen MR) is 117 cm³/mol. The van der Waals surface area contributed by atoms with Gasteiger partial charge in [0, 0.05) is 56.2 Å². The van der Waals surface area contributed by atoms with Crippen molar-refractivity contribution in [2.24, 2.45) is 0 Å². The van der Waals surface area contributed by atoms with Gasteiger partial charge in [0.25, 0.3) is 5.91 Å². The molecule has 0 aromatic carbocycles. The van der Waals surface area contributed by atoms with Crippen LogP contribution < -0.4 is 5.32 Å². The smallest absolute Gasteiger partial charge is 0.273 e. The zero-order chi connectivity index (χ0) is 22.7. The number of carbonyl (C=O) groups excluding carboxylic acids is 1. The number of sulfonamides is 1. The molecule has 0 radical (unpaired) electrons. The molecule has 0 spiro atoms. The fourth-order valence-electron chi connectivity index (χ4n) is 4.10. The van der Waals surface area contributed by atoms with Crippen LogP contribution >= 0.6 is 0 Å². The highest BCUT2D eigenvalue weighted by molar-refractivity contribution is 7.89. The number of pyridine rings is 1. The van der Waals surface area contributed by atoms with Crippen molar-refractivity contribution in [2.45, 2.75) is 68.3 Å². The molecule has 2 fully saturated rings. The Bertz CT molecular complexity index is 1030. The standard InChI is InChI=1S/C22H30N4O5S/c1-15-12-18(24-22(27)20-13-21(31-25-20)16-5-6-16)9-10-26(15)32(28,29)19-8-7-17(23-14-19)4-3-11-30-2/h7-8,13-16,18H,3-6,9-12H2,1-2H3,(H,24,27)/t15-,18-/m1/s1. The van der Waals surface area contributed by atoms with Crippen LogP contribution in [0.4, 0.5) is 0 Å². The maximum absolute atomic E-state index is 13.1. The molecule has 4 rings (SSSR count). The van der Waals surface area contributed by atoms with Crippen LogP contribution in [0.25, 0.3) is 0 Å². The molecule has 10 heteroatoms. The number of piperidine rings is 1. The average Bonchev–Trinajstić information content (AvgIpc) is 3.50. The fourth-order valence-corrected chi connectivity index (χ4v) is 5.70. The third-order valence-corrected chi connectivity index (χ3v) is 8.07. The number of amides is 1. The Balaban J connectivity index is 1.34. The number of ether oxygens (including phenoxy) is 1. The lowest BCUT2D eigenvalue weighted by Crippen LogP contribution is -2.50. The number of nitrogens with zero attached hydrogens (tertiary/aromatic N) is 3. The number of nitrogens with one attached hydrogen (secondary N) is 1. The molecule has 0 unspecified atom stereocenters. The minimum absolute atomic E-state index is 0.119. The number of methoxy groups -OCH3 is 1. The molecule has 1 N–H and O–H groups in total. The van der Waals surface area contributed by atoms with Crippen LogP contribution in [0.1, 0.15) is 66.9 Å². The van der Waals surface area contributed by atoms with E-state index in [9.17, 15) is 13.2 Å². The maximum Gasteiger partial charge on any atom is 0.273 e. The number of aromatic nitrogens is 2. The second-order valence-electron chi connectivity index (χ2n) is 8.63. The zero-order valence-electron chi connectivity index (χ0n) is 18.5. The van der Waals surface area contributed by atoms with Crippen LogP contribution in [-0.4, -0.2) is 61.1 Å². The Morgan fingerprint density at radius 2 is 2.12 bits per heavy atom. The highest BCUT2D eigenvalue weighted by atomic mass is 32.2. The lowest BCUT2D eigenvalue weighted by Gasteiger charge is -2.36. The number of hydrogen-bond acceptors (Lipinski definition) is 7. The molecule has 2 aromatic heterocycles. The Kier molecular flexibility index (Phi) is 6.92. The van der Waals surface area contributed by atoms with Crippen LogP contribution in [0.5, 0.6) is 0 Å². The predicted octanol–water partition coefficient (Wildman–Crippen LogP) is 2.50. The quantitative estimate of drug-likeness (QED) is 0.569. The molecule has 1 saturated carbocycles. The summed E-state index contributed by atoms with van der Waals surface area (Å²) >= 11 is 0. The second-order valence-corrected chi connectivity index (χ2v) is 10.5. The van der Waals surface area contributed by atoms with E-state index in [0.717, 1.165) is 37.1 Å². The van der Waals surface area contributed by atoms with Crippen LogP contribution in [0.3, 0.4) is 0 Å². The van der Waals surface area contributed by atoms with Gasteiger partial charge in [-0.1, -0.05) is 5.16 Å². The van der Waals surface area contributed by atoms with Gasteiger partial charge >= 0.3 is 0 Å². The third-order valence-electron chi connectivity index (χ3n) is 6.08. The van der Waals surface area contributed by atoms with Crippen molar-refractivity contribution in [1.82, 2.24) is 19.8 Å². The fraction of sp³-hybridized carbons (Fsp3) is 0.591. The minimum Gasteiger partial charge on any atom is -0.385 e. The summed E-state index contributed by atoms with van der Waals surface area (Å²) in [6.07, 6.45) is 6.22. The molecule has 3 heterocycles. The van der Waals surface area contributed by atoms with Gasteiger partial charge in [0.05, 0.1) is 0 Å². The number of hydrogen-bond donors (Lipinski definition) is 1. The molecule has 2 aromatic rings. The van der Waals surface area contributed by atoms with E-state index >= 15 is 0 Å². The highest BCUT2D eigenvalue weighted by Crippen LogP contribution is 2.40. The van der Waals surface area contributed by atoms with Gasteiger partial charge in [-0.25, -0.2) is 8.42 Å². The van der Waals surface area contributed by atoms with Crippen LogP contribution in [0, 0.1) is 0 Å². The molecule has 2 atom stereocenters. The summed E-state index contributed by atoms with van der Waals surface area (Å²) in [6, 6.07) is 4.72. The molecular weight excluding hydrogens is 432 g/mol. The maximum atomic E-state index is 13.1. The van der Waals surface area contributed by atoms with E-state index < -0.39 is 10.0 Å². The van der Waals surface area contributed by atoms with Gasteiger partial charge in [0.15, 0.2) is 5.69 Å². The van der Waals surface area contributed by atoms with Gasteiger partial charge in [-0.05, 0) is 57.6 Å². The lowest BCUT2D eigenvalue weighted by atomic mass is 10.0. The molecule has 0 bridgehead atoms. The van der Waals surface area contributed by atoms with Crippen molar-refractivity contribution in [2.75, 3.05) is 20.3 Å². The summed E-state index contributed by atoms with van der Waals surface area (Å²) in [7, 11) is -2.00. The third kappa shape index (κ3) is 5.19. The zero-order valence-corrected chi connectivity index (χ0v) is 19.3. The highest BCUT2D eigenvalue weighted by Gasteiger charge is 2.36. The van der Waals surface area contributed by atoms with Crippen LogP contribution in [0.15, 0.2) is 33.8 Å². The lowest BCUT2D eigenvalue weighted by molar-refractivity contribution is 0.0905. The van der Waals surface area contributed by atoms with Crippen molar-refractivity contribution in [3.63, 3.8) is 0 Å². The summed E-state index contributed by atoms with van der Waals surface area (Å²) in [6.45, 7) is 2.84. The van der Waals surface area contributed by atoms with Crippen molar-refractivity contribution in [3.05, 3.63) is 41.5 Å². The Hall–Kier alpha value is -2.30. The van der Waals surface area contributed by atoms with Crippen molar-refractivity contribution in [3.8, 4) is 0 Å². The number of rotatable bonds is 9. The van der Waals surface area contributed by atoms with E-state index in [4.69, 9.17) is 9.26 Å². The molecule has 2 aliphatic rings. The van der Waals surface area contributed by atoms with Crippen LogP contribution in [0.2, 0.25) is 0 Å². The Morgan fingerprint density at radius 3 is 2.78 bits per heavy atom. The summed E-state index contributed by atoms with van der Waals surface area (Å²) < 4.78 is 38.1. The summed E-state index contributed by atoms with van der Waals surface area (Å²) in [5.41, 5.74) is 1.12. The Labute approximate surface area is 188 Å². The summed E-state index contributed by atoms with van der Waals surface area (Å²) in [5.74, 6) is 0.886. The number of carbonyl (C=O) groups is 1. The normalized spacial score (nSPS) is 22.1. The van der Waals surface area contributed by atoms with E-state index in [1.54, 1.807) is 25.3 Å². The van der Waals surface area contributed by atoms with Crippen molar-refractivity contribution < 1.29 is 22.5 Å². The van der Waals surface area contributed by atoms with Crippen molar-refractivity contribution in [1.29, 1.82) is 0 Å². The van der Waals surface area contributed by atoms with E-state index in [2.05, 4.69) is 15.5 Å². The first-order chi connectivity index (χ1) is 15.4. The monoisotopic (exact) mass is 462 g/mol. The number of aryl methyl sites for hydroxylation is 1. The van der Waals surface area contributed by atoms with Gasteiger partial charge in [0.2, 0.25) is 10.0 Å². The minimum atomic E-state index is -3.65. The van der Waals surface area contributed by atoms with E-state index in [1.165, 1.54) is 10.5 Å². The summed E-state index contributed by atoms with van der Waals surface area (Å²) in [4.78, 5) is 17.0. The Morgan fingerprint density at radius 1 is 1.31 bits per heavy atom. The van der Waals surface area contributed by atoms with Gasteiger partial charge in [-0.2, -0.15) is 4.31 Å². The molecular formula is C22H30N4O5S. The van der Waals surface area contributed by atoms with Gasteiger partial charge < -0.3 is 14.6 Å². The molecule has 1 saturated heterocycles. The van der Waals surface area contributed by atoms with E-state index in [1.807, 2.05) is 6.92 Å². The van der Waals surface area contributed by atoms with E-state index in [-0.39, 0.29) is 28.6 Å². The second kappa shape index (κ2) is 9.68. The average molecular weight is 463 g/mol. The van der Waals surface area contributed by atoms with Gasteiger partial charge in [-0.15, -0.1) is 0 Å². The van der Waals surface area contributed by atoms with Gasteiger partial charge in [0.1, 0.15) is 10.7 Å². The molecule has 1 amide bonds. The van der Waals surface area contributed by atoms with Crippen molar-refractivity contribution >= 4 is 15.9 Å². The first kappa shape index (κ1) is 22.9. The first-order valence-electron chi connectivity index (χ1n) is 11.1. The first-order valence-corrected chi connectivity index (χ1v) is 12.6. The topological polar surface area (TPSA) is 115 Å². The van der Waals surface area contributed by atoms with Gasteiger partial charge in [-0.3, -0.25) is 9.78 Å². The largest absolute Gasteiger partial charge is 0.385 e. The molecule has 32 heavy (non-hydrogen) atoms. The SMILES string of the molecule is COCCCc1ccc(S(=O)(=O)N2CC[C@@H](NC(=O)c3cc(C4CC4)on3)C[C@H]2C)cn1. The molecule has 1 aliphatic carbocycles. The summed E-state index contributed by atoms with van der Waals surface area (Å²) in [5, 5.41) is 6.86. The molecule has 174 valence electrons. The van der Waals surface area contributed by atoms with E-state index in [0.29, 0.717) is 31.9 Å². The van der Waals surface area contributed by atoms with Crippen LogP contribution in [-0.2, 0) is 21.2 Å². The molecule has 1 aliphatic heterocycles.